The number of amides is 3. The summed E-state index contributed by atoms with van der Waals surface area (Å²) in [6, 6.07) is 14.9. The Hall–Kier alpha value is -3.35. The van der Waals surface area contributed by atoms with E-state index >= 15 is 0 Å². The van der Waals surface area contributed by atoms with Crippen LogP contribution in [0.25, 0.3) is 0 Å². The van der Waals surface area contributed by atoms with Crippen molar-refractivity contribution in [1.29, 1.82) is 0 Å². The number of carbonyl (C=O) groups is 3. The van der Waals surface area contributed by atoms with Crippen LogP contribution in [0, 0.1) is 0 Å². The van der Waals surface area contributed by atoms with Crippen LogP contribution >= 0.6 is 0 Å². The molecule has 27 heavy (non-hydrogen) atoms. The van der Waals surface area contributed by atoms with Gasteiger partial charge < -0.3 is 21.1 Å². The monoisotopic (exact) mass is 369 g/mol. The van der Waals surface area contributed by atoms with Gasteiger partial charge in [0.05, 0.1) is 5.56 Å². The van der Waals surface area contributed by atoms with E-state index in [-0.39, 0.29) is 17.6 Å². The zero-order valence-electron chi connectivity index (χ0n) is 15.3. The Morgan fingerprint density at radius 2 is 1.63 bits per heavy atom. The predicted octanol–water partition coefficient (Wildman–Crippen LogP) is 2.28. The maximum Gasteiger partial charge on any atom is 0.339 e. The first-order chi connectivity index (χ1) is 12.9. The molecule has 2 aromatic carbocycles. The van der Waals surface area contributed by atoms with E-state index in [4.69, 9.17) is 10.5 Å². The molecule has 0 radical (unpaired) electrons. The topological polar surface area (TPSA) is 111 Å². The number of nitrogens with two attached hydrogens (primary N) is 1. The summed E-state index contributed by atoms with van der Waals surface area (Å²) < 4.78 is 5.27. The number of nitrogens with one attached hydrogen (secondary N) is 2. The van der Waals surface area contributed by atoms with Crippen LogP contribution in [0.15, 0.2) is 54.6 Å². The first-order valence-corrected chi connectivity index (χ1v) is 8.55. The third-order valence-corrected chi connectivity index (χ3v) is 3.65. The minimum absolute atomic E-state index is 0.0463. The normalized spacial score (nSPS) is 11.5. The summed E-state index contributed by atoms with van der Waals surface area (Å²) in [4.78, 5) is 35.5. The standard InChI is InChI=1S/C20H23N3O4/c1-13(2)23-20(26)22-12-14-8-10-16(11-9-14)19(25)27-17(18(21)24)15-6-4-3-5-7-15/h3-11,13,17H,12H2,1-2H3,(H2,21,24)(H2,22,23,26). The maximum atomic E-state index is 12.3. The third kappa shape index (κ3) is 6.14. The van der Waals surface area contributed by atoms with Gasteiger partial charge >= 0.3 is 12.0 Å². The fraction of sp³-hybridized carbons (Fsp3) is 0.250. The number of primary amides is 1. The van der Waals surface area contributed by atoms with Gasteiger partial charge in [-0.25, -0.2) is 9.59 Å². The summed E-state index contributed by atoms with van der Waals surface area (Å²) in [5, 5.41) is 5.44. The van der Waals surface area contributed by atoms with Gasteiger partial charge in [0, 0.05) is 18.2 Å². The van der Waals surface area contributed by atoms with Crippen LogP contribution in [-0.2, 0) is 16.1 Å². The molecule has 0 spiro atoms. The minimum atomic E-state index is -1.15. The van der Waals surface area contributed by atoms with E-state index in [0.29, 0.717) is 12.1 Å². The van der Waals surface area contributed by atoms with E-state index in [1.54, 1.807) is 54.6 Å². The Labute approximate surface area is 157 Å². The lowest BCUT2D eigenvalue weighted by Crippen LogP contribution is -2.39. The Morgan fingerprint density at radius 3 is 2.19 bits per heavy atom. The molecule has 0 aliphatic rings. The fourth-order valence-corrected chi connectivity index (χ4v) is 2.35. The average molecular weight is 369 g/mol. The van der Waals surface area contributed by atoms with Crippen molar-refractivity contribution in [3.05, 3.63) is 71.3 Å². The van der Waals surface area contributed by atoms with Crippen molar-refractivity contribution >= 4 is 17.9 Å². The number of hydrogen-bond acceptors (Lipinski definition) is 4. The maximum absolute atomic E-state index is 12.3. The number of ether oxygens (including phenoxy) is 1. The molecule has 0 fully saturated rings. The largest absolute Gasteiger partial charge is 0.444 e. The molecule has 1 atom stereocenters. The van der Waals surface area contributed by atoms with Crippen LogP contribution in [0.1, 0.15) is 41.4 Å². The predicted molar refractivity (Wildman–Crippen MR) is 101 cm³/mol. The highest BCUT2D eigenvalue weighted by Gasteiger charge is 2.23. The molecule has 0 saturated carbocycles. The minimum Gasteiger partial charge on any atom is -0.444 e. The van der Waals surface area contributed by atoms with Gasteiger partial charge in [0.1, 0.15) is 0 Å². The summed E-state index contributed by atoms with van der Waals surface area (Å²) in [7, 11) is 0. The summed E-state index contributed by atoms with van der Waals surface area (Å²) in [5.41, 5.74) is 6.97. The molecule has 0 aliphatic carbocycles. The molecule has 7 heteroatoms. The molecule has 3 amide bonds. The lowest BCUT2D eigenvalue weighted by molar-refractivity contribution is -0.127. The van der Waals surface area contributed by atoms with E-state index < -0.39 is 18.0 Å². The first-order valence-electron chi connectivity index (χ1n) is 8.55. The van der Waals surface area contributed by atoms with E-state index in [1.165, 1.54) is 0 Å². The van der Waals surface area contributed by atoms with E-state index in [2.05, 4.69) is 10.6 Å². The highest BCUT2D eigenvalue weighted by atomic mass is 16.5. The summed E-state index contributed by atoms with van der Waals surface area (Å²) in [6.07, 6.45) is -1.15. The van der Waals surface area contributed by atoms with Crippen molar-refractivity contribution in [2.45, 2.75) is 32.5 Å². The van der Waals surface area contributed by atoms with Crippen molar-refractivity contribution in [2.24, 2.45) is 5.73 Å². The molecule has 0 bridgehead atoms. The van der Waals surface area contributed by atoms with Gasteiger partial charge in [0.25, 0.3) is 5.91 Å². The summed E-state index contributed by atoms with van der Waals surface area (Å²) in [5.74, 6) is -1.40. The number of carbonyl (C=O) groups excluding carboxylic acids is 3. The first kappa shape index (κ1) is 20.0. The highest BCUT2D eigenvalue weighted by Crippen LogP contribution is 2.19. The second-order valence-electron chi connectivity index (χ2n) is 6.28. The Bertz CT molecular complexity index is 789. The van der Waals surface area contributed by atoms with Crippen LogP contribution < -0.4 is 16.4 Å². The van der Waals surface area contributed by atoms with Crippen molar-refractivity contribution in [1.82, 2.24) is 10.6 Å². The second kappa shape index (κ2) is 9.38. The van der Waals surface area contributed by atoms with Gasteiger partial charge in [0.2, 0.25) is 6.10 Å². The van der Waals surface area contributed by atoms with Crippen LogP contribution in [0.4, 0.5) is 4.79 Å². The van der Waals surface area contributed by atoms with Crippen LogP contribution in [0.5, 0.6) is 0 Å². The zero-order chi connectivity index (χ0) is 19.8. The molecule has 2 aromatic rings. The Morgan fingerprint density at radius 1 is 1.00 bits per heavy atom. The molecular formula is C20H23N3O4. The van der Waals surface area contributed by atoms with Crippen molar-refractivity contribution in [3.63, 3.8) is 0 Å². The lowest BCUT2D eigenvalue weighted by atomic mass is 10.1. The number of esters is 1. The number of urea groups is 1. The smallest absolute Gasteiger partial charge is 0.339 e. The Kier molecular flexibility index (Phi) is 6.93. The molecule has 2 rings (SSSR count). The van der Waals surface area contributed by atoms with E-state index in [1.807, 2.05) is 13.8 Å². The Balaban J connectivity index is 1.98. The van der Waals surface area contributed by atoms with Gasteiger partial charge in [-0.15, -0.1) is 0 Å². The van der Waals surface area contributed by atoms with Gasteiger partial charge in [-0.05, 0) is 31.5 Å². The SMILES string of the molecule is CC(C)NC(=O)NCc1ccc(C(=O)OC(C(N)=O)c2ccccc2)cc1. The van der Waals surface area contributed by atoms with Crippen molar-refractivity contribution in [2.75, 3.05) is 0 Å². The molecule has 7 nitrogen and oxygen atoms in total. The molecule has 0 heterocycles. The molecule has 0 aliphatic heterocycles. The van der Waals surface area contributed by atoms with Gasteiger partial charge in [-0.2, -0.15) is 0 Å². The zero-order valence-corrected chi connectivity index (χ0v) is 15.3. The van der Waals surface area contributed by atoms with Gasteiger partial charge in [0.15, 0.2) is 0 Å². The average Bonchev–Trinajstić information content (AvgIpc) is 2.64. The number of benzene rings is 2. The highest BCUT2D eigenvalue weighted by molar-refractivity contribution is 5.92. The van der Waals surface area contributed by atoms with Crippen LogP contribution in [-0.4, -0.2) is 23.9 Å². The number of hydrogen-bond donors (Lipinski definition) is 3. The fourth-order valence-electron chi connectivity index (χ4n) is 2.35. The quantitative estimate of drug-likeness (QED) is 0.650. The molecule has 0 aromatic heterocycles. The summed E-state index contributed by atoms with van der Waals surface area (Å²) in [6.45, 7) is 4.06. The van der Waals surface area contributed by atoms with Crippen LogP contribution in [0.2, 0.25) is 0 Å². The van der Waals surface area contributed by atoms with E-state index in [9.17, 15) is 14.4 Å². The van der Waals surface area contributed by atoms with Crippen molar-refractivity contribution in [3.8, 4) is 0 Å². The van der Waals surface area contributed by atoms with Gasteiger partial charge in [-0.3, -0.25) is 4.79 Å². The van der Waals surface area contributed by atoms with E-state index in [0.717, 1.165) is 5.56 Å². The van der Waals surface area contributed by atoms with Crippen molar-refractivity contribution < 1.29 is 19.1 Å². The third-order valence-electron chi connectivity index (χ3n) is 3.65. The molecular weight excluding hydrogens is 346 g/mol. The summed E-state index contributed by atoms with van der Waals surface area (Å²) >= 11 is 0. The molecule has 142 valence electrons. The molecule has 0 saturated heterocycles. The van der Waals surface area contributed by atoms with Crippen LogP contribution in [0.3, 0.4) is 0 Å². The molecule has 1 unspecified atom stereocenters. The lowest BCUT2D eigenvalue weighted by Gasteiger charge is -2.15. The second-order valence-corrected chi connectivity index (χ2v) is 6.28. The number of rotatable bonds is 7. The van der Waals surface area contributed by atoms with Gasteiger partial charge in [-0.1, -0.05) is 42.5 Å². The molecule has 4 N–H and O–H groups in total.